The summed E-state index contributed by atoms with van der Waals surface area (Å²) in [7, 11) is 0. The number of carbonyl (C=O) groups is 1. The van der Waals surface area contributed by atoms with Crippen molar-refractivity contribution < 1.29 is 13.9 Å². The van der Waals surface area contributed by atoms with E-state index in [1.165, 1.54) is 11.8 Å². The SMILES string of the molecule is O=C(CSc1nnc(-c2c[nH]c3ccccc23)o1)N1CCN(CCOc2ccccc2)CC1. The second-order valence-corrected chi connectivity index (χ2v) is 8.72. The highest BCUT2D eigenvalue weighted by Crippen LogP contribution is 2.29. The monoisotopic (exact) mass is 463 g/mol. The number of nitrogens with zero attached hydrogens (tertiary/aromatic N) is 4. The number of ether oxygens (including phenoxy) is 1. The summed E-state index contributed by atoms with van der Waals surface area (Å²) < 4.78 is 11.6. The van der Waals surface area contributed by atoms with E-state index in [-0.39, 0.29) is 11.7 Å². The molecule has 0 spiro atoms. The molecule has 1 aliphatic rings. The lowest BCUT2D eigenvalue weighted by Gasteiger charge is -2.34. The highest BCUT2D eigenvalue weighted by atomic mass is 32.2. The Kier molecular flexibility index (Phi) is 6.59. The Balaban J connectivity index is 1.06. The van der Waals surface area contributed by atoms with Crippen LogP contribution in [0.4, 0.5) is 0 Å². The molecule has 3 heterocycles. The highest BCUT2D eigenvalue weighted by molar-refractivity contribution is 7.99. The summed E-state index contributed by atoms with van der Waals surface area (Å²) in [4.78, 5) is 20.1. The van der Waals surface area contributed by atoms with Gasteiger partial charge in [-0.3, -0.25) is 9.69 Å². The van der Waals surface area contributed by atoms with Crippen molar-refractivity contribution in [2.24, 2.45) is 0 Å². The first-order valence-corrected chi connectivity index (χ1v) is 12.0. The zero-order valence-electron chi connectivity index (χ0n) is 18.1. The second-order valence-electron chi connectivity index (χ2n) is 7.79. The third-order valence-corrected chi connectivity index (χ3v) is 6.49. The number of piperazine rings is 1. The number of aromatic nitrogens is 3. The summed E-state index contributed by atoms with van der Waals surface area (Å²) in [6.07, 6.45) is 1.86. The number of H-pyrrole nitrogens is 1. The van der Waals surface area contributed by atoms with Gasteiger partial charge in [-0.15, -0.1) is 10.2 Å². The summed E-state index contributed by atoms with van der Waals surface area (Å²) in [6.45, 7) is 4.62. The van der Waals surface area contributed by atoms with Crippen molar-refractivity contribution in [3.05, 3.63) is 60.8 Å². The van der Waals surface area contributed by atoms with Crippen molar-refractivity contribution in [3.63, 3.8) is 0 Å². The van der Waals surface area contributed by atoms with E-state index < -0.39 is 0 Å². The van der Waals surface area contributed by atoms with Crippen LogP contribution in [0.1, 0.15) is 0 Å². The lowest BCUT2D eigenvalue weighted by molar-refractivity contribution is -0.130. The van der Waals surface area contributed by atoms with Gasteiger partial charge in [0.15, 0.2) is 0 Å². The van der Waals surface area contributed by atoms with Gasteiger partial charge in [-0.25, -0.2) is 0 Å². The number of aromatic amines is 1. The molecule has 1 fully saturated rings. The van der Waals surface area contributed by atoms with Gasteiger partial charge in [0, 0.05) is 49.8 Å². The fraction of sp³-hybridized carbons (Fsp3) is 0.292. The maximum absolute atomic E-state index is 12.7. The van der Waals surface area contributed by atoms with Crippen molar-refractivity contribution >= 4 is 28.6 Å². The van der Waals surface area contributed by atoms with E-state index in [1.807, 2.05) is 65.7 Å². The Morgan fingerprint density at radius 1 is 1.03 bits per heavy atom. The van der Waals surface area contributed by atoms with Crippen LogP contribution in [-0.4, -0.2) is 76.0 Å². The van der Waals surface area contributed by atoms with Crippen molar-refractivity contribution in [2.75, 3.05) is 45.1 Å². The molecule has 1 amide bonds. The van der Waals surface area contributed by atoms with E-state index in [1.54, 1.807) is 0 Å². The minimum Gasteiger partial charge on any atom is -0.492 e. The van der Waals surface area contributed by atoms with Crippen molar-refractivity contribution in [3.8, 4) is 17.2 Å². The van der Waals surface area contributed by atoms with E-state index >= 15 is 0 Å². The number of hydrogen-bond donors (Lipinski definition) is 1. The minimum absolute atomic E-state index is 0.0898. The summed E-state index contributed by atoms with van der Waals surface area (Å²) in [5, 5.41) is 9.70. The van der Waals surface area contributed by atoms with Gasteiger partial charge in [-0.2, -0.15) is 0 Å². The van der Waals surface area contributed by atoms with E-state index in [0.29, 0.717) is 17.7 Å². The molecule has 0 radical (unpaired) electrons. The van der Waals surface area contributed by atoms with Gasteiger partial charge in [0.2, 0.25) is 5.91 Å². The highest BCUT2D eigenvalue weighted by Gasteiger charge is 2.22. The molecule has 1 N–H and O–H groups in total. The molecule has 170 valence electrons. The third kappa shape index (κ3) is 5.20. The minimum atomic E-state index is 0.0898. The molecule has 0 aliphatic carbocycles. The number of nitrogens with one attached hydrogen (secondary N) is 1. The van der Waals surface area contributed by atoms with Crippen LogP contribution in [0.25, 0.3) is 22.4 Å². The van der Waals surface area contributed by atoms with Gasteiger partial charge in [-0.1, -0.05) is 48.2 Å². The van der Waals surface area contributed by atoms with E-state index in [0.717, 1.165) is 54.9 Å². The molecule has 1 saturated heterocycles. The first kappa shape index (κ1) is 21.5. The Hall–Kier alpha value is -3.30. The van der Waals surface area contributed by atoms with Gasteiger partial charge in [0.25, 0.3) is 11.1 Å². The Bertz CT molecular complexity index is 1200. The average Bonchev–Trinajstić information content (AvgIpc) is 3.50. The number of rotatable bonds is 8. The molecule has 5 rings (SSSR count). The Morgan fingerprint density at radius 2 is 1.82 bits per heavy atom. The van der Waals surface area contributed by atoms with Crippen LogP contribution >= 0.6 is 11.8 Å². The van der Waals surface area contributed by atoms with Crippen LogP contribution in [0.3, 0.4) is 0 Å². The normalized spacial score (nSPS) is 14.6. The molecule has 4 aromatic rings. The molecule has 0 saturated carbocycles. The van der Waals surface area contributed by atoms with Crippen LogP contribution < -0.4 is 4.74 Å². The van der Waals surface area contributed by atoms with Gasteiger partial charge in [-0.05, 0) is 18.2 Å². The van der Waals surface area contributed by atoms with Crippen LogP contribution in [0, 0.1) is 0 Å². The van der Waals surface area contributed by atoms with Gasteiger partial charge in [0.1, 0.15) is 12.4 Å². The smallest absolute Gasteiger partial charge is 0.277 e. The lowest BCUT2D eigenvalue weighted by atomic mass is 10.2. The summed E-state index contributed by atoms with van der Waals surface area (Å²) >= 11 is 1.28. The van der Waals surface area contributed by atoms with Crippen LogP contribution in [0.5, 0.6) is 5.75 Å². The van der Waals surface area contributed by atoms with Crippen molar-refractivity contribution in [2.45, 2.75) is 5.22 Å². The first-order valence-electron chi connectivity index (χ1n) is 11.0. The van der Waals surface area contributed by atoms with E-state index in [9.17, 15) is 4.79 Å². The van der Waals surface area contributed by atoms with E-state index in [2.05, 4.69) is 20.1 Å². The topological polar surface area (TPSA) is 87.5 Å². The zero-order valence-corrected chi connectivity index (χ0v) is 19.0. The molecule has 0 unspecified atom stereocenters. The largest absolute Gasteiger partial charge is 0.492 e. The van der Waals surface area contributed by atoms with Crippen molar-refractivity contribution in [1.82, 2.24) is 25.0 Å². The molecule has 0 atom stereocenters. The quantitative estimate of drug-likeness (QED) is 0.400. The molecule has 1 aliphatic heterocycles. The molecular formula is C24H25N5O3S. The fourth-order valence-corrected chi connectivity index (χ4v) is 4.54. The number of hydrogen-bond acceptors (Lipinski definition) is 7. The standard InChI is InChI=1S/C24H25N5O3S/c30-22(29-12-10-28(11-13-29)14-15-31-18-6-2-1-3-7-18)17-33-24-27-26-23(32-24)20-16-25-21-9-5-4-8-19(20)21/h1-9,16,25H,10-15,17H2. The number of carbonyl (C=O) groups excluding carboxylic acids is 1. The number of thioether (sulfide) groups is 1. The number of fused-ring (bicyclic) bond motifs is 1. The fourth-order valence-electron chi connectivity index (χ4n) is 3.87. The predicted molar refractivity (Wildman–Crippen MR) is 127 cm³/mol. The molecular weight excluding hydrogens is 438 g/mol. The molecule has 0 bridgehead atoms. The number of benzene rings is 2. The van der Waals surface area contributed by atoms with Gasteiger partial charge in [0.05, 0.1) is 11.3 Å². The second kappa shape index (κ2) is 10.1. The molecule has 2 aromatic carbocycles. The number of para-hydroxylation sites is 2. The van der Waals surface area contributed by atoms with Crippen molar-refractivity contribution in [1.29, 1.82) is 0 Å². The van der Waals surface area contributed by atoms with Crippen LogP contribution in [0.2, 0.25) is 0 Å². The maximum atomic E-state index is 12.7. The lowest BCUT2D eigenvalue weighted by Crippen LogP contribution is -2.50. The van der Waals surface area contributed by atoms with Crippen LogP contribution in [-0.2, 0) is 4.79 Å². The summed E-state index contributed by atoms with van der Waals surface area (Å²) in [5.41, 5.74) is 1.88. The first-order chi connectivity index (χ1) is 16.3. The molecule has 33 heavy (non-hydrogen) atoms. The predicted octanol–water partition coefficient (Wildman–Crippen LogP) is 3.53. The maximum Gasteiger partial charge on any atom is 0.277 e. The molecule has 8 nitrogen and oxygen atoms in total. The summed E-state index contributed by atoms with van der Waals surface area (Å²) in [6, 6.07) is 17.8. The average molecular weight is 464 g/mol. The third-order valence-electron chi connectivity index (χ3n) is 5.69. The van der Waals surface area contributed by atoms with E-state index in [4.69, 9.17) is 9.15 Å². The molecule has 2 aromatic heterocycles. The molecule has 9 heteroatoms. The van der Waals surface area contributed by atoms with Gasteiger partial charge < -0.3 is 19.0 Å². The van der Waals surface area contributed by atoms with Gasteiger partial charge >= 0.3 is 0 Å². The number of amides is 1. The Morgan fingerprint density at radius 3 is 2.67 bits per heavy atom. The zero-order chi connectivity index (χ0) is 22.5. The Labute approximate surface area is 195 Å². The summed E-state index contributed by atoms with van der Waals surface area (Å²) in [5.74, 6) is 1.71. The van der Waals surface area contributed by atoms with Crippen LogP contribution in [0.15, 0.2) is 70.4 Å².